The molecule has 7 nitrogen and oxygen atoms in total. The summed E-state index contributed by atoms with van der Waals surface area (Å²) in [5, 5.41) is 9.75. The first kappa shape index (κ1) is 15.5. The molecule has 1 heterocycles. The number of nitrogens with zero attached hydrogens (tertiary/aromatic N) is 2. The zero-order valence-electron chi connectivity index (χ0n) is 11.3. The molecule has 9 heteroatoms. The number of carbonyl (C=O) groups is 1. The maximum absolute atomic E-state index is 12.0. The van der Waals surface area contributed by atoms with Crippen molar-refractivity contribution < 1.29 is 17.6 Å². The standard InChI is InChI=1S/C12H12ClN3O4S/c1-3-10-15-16-12(20-10)14-11(17)7-4-5-9(8(13)6-7)21(2,18)19/h4-6H,3H2,1-2H3,(H,14,16,17). The topological polar surface area (TPSA) is 102 Å². The van der Waals surface area contributed by atoms with Crippen LogP contribution in [-0.2, 0) is 16.3 Å². The Morgan fingerprint density at radius 1 is 1.38 bits per heavy atom. The lowest BCUT2D eigenvalue weighted by atomic mass is 10.2. The highest BCUT2D eigenvalue weighted by Crippen LogP contribution is 2.23. The molecule has 0 saturated heterocycles. The van der Waals surface area contributed by atoms with Gasteiger partial charge in [-0.3, -0.25) is 10.1 Å². The molecular weight excluding hydrogens is 318 g/mol. The molecule has 1 aromatic carbocycles. The molecule has 1 N–H and O–H groups in total. The number of benzene rings is 1. The highest BCUT2D eigenvalue weighted by atomic mass is 35.5. The predicted octanol–water partition coefficient (Wildman–Crippen LogP) is 1.94. The number of amides is 1. The number of anilines is 1. The molecule has 0 atom stereocenters. The summed E-state index contributed by atoms with van der Waals surface area (Å²) in [5.41, 5.74) is 0.184. The van der Waals surface area contributed by atoms with Gasteiger partial charge in [-0.1, -0.05) is 23.6 Å². The fraction of sp³-hybridized carbons (Fsp3) is 0.250. The Kier molecular flexibility index (Phi) is 4.29. The fourth-order valence-corrected chi connectivity index (χ4v) is 2.89. The number of halogens is 1. The van der Waals surface area contributed by atoms with Gasteiger partial charge in [0.15, 0.2) is 9.84 Å². The Hall–Kier alpha value is -1.93. The second kappa shape index (κ2) is 5.82. The van der Waals surface area contributed by atoms with Crippen molar-refractivity contribution in [2.45, 2.75) is 18.2 Å². The van der Waals surface area contributed by atoms with Crippen molar-refractivity contribution in [3.05, 3.63) is 34.7 Å². The molecule has 21 heavy (non-hydrogen) atoms. The van der Waals surface area contributed by atoms with Crippen molar-refractivity contribution in [1.29, 1.82) is 0 Å². The lowest BCUT2D eigenvalue weighted by molar-refractivity contribution is 0.102. The van der Waals surface area contributed by atoms with Gasteiger partial charge < -0.3 is 4.42 Å². The minimum Gasteiger partial charge on any atom is -0.408 e. The van der Waals surface area contributed by atoms with E-state index in [-0.39, 0.29) is 21.5 Å². The lowest BCUT2D eigenvalue weighted by Crippen LogP contribution is -2.12. The van der Waals surface area contributed by atoms with Crippen molar-refractivity contribution >= 4 is 33.4 Å². The molecule has 112 valence electrons. The monoisotopic (exact) mass is 329 g/mol. The van der Waals surface area contributed by atoms with Crippen LogP contribution in [0, 0.1) is 0 Å². The maximum atomic E-state index is 12.0. The first-order valence-electron chi connectivity index (χ1n) is 5.94. The molecule has 0 fully saturated rings. The molecule has 0 saturated carbocycles. The van der Waals surface area contributed by atoms with E-state index in [1.165, 1.54) is 18.2 Å². The van der Waals surface area contributed by atoms with Gasteiger partial charge in [0, 0.05) is 18.2 Å². The third-order valence-electron chi connectivity index (χ3n) is 2.58. The van der Waals surface area contributed by atoms with Crippen LogP contribution in [0.4, 0.5) is 6.01 Å². The SMILES string of the molecule is CCc1nnc(NC(=O)c2ccc(S(C)(=O)=O)c(Cl)c2)o1. The Bertz CT molecular complexity index is 786. The number of nitrogens with one attached hydrogen (secondary N) is 1. The highest BCUT2D eigenvalue weighted by molar-refractivity contribution is 7.90. The number of aryl methyl sites for hydroxylation is 1. The molecule has 0 spiro atoms. The van der Waals surface area contributed by atoms with Gasteiger partial charge in [-0.2, -0.15) is 0 Å². The summed E-state index contributed by atoms with van der Waals surface area (Å²) in [6.07, 6.45) is 1.59. The summed E-state index contributed by atoms with van der Waals surface area (Å²) in [7, 11) is -3.44. The third kappa shape index (κ3) is 3.59. The number of hydrogen-bond donors (Lipinski definition) is 1. The van der Waals surface area contributed by atoms with Gasteiger partial charge in [-0.05, 0) is 18.2 Å². The van der Waals surface area contributed by atoms with E-state index in [0.29, 0.717) is 12.3 Å². The number of rotatable bonds is 4. The zero-order chi connectivity index (χ0) is 15.6. The summed E-state index contributed by atoms with van der Waals surface area (Å²) in [4.78, 5) is 11.9. The molecule has 0 bridgehead atoms. The van der Waals surface area contributed by atoms with Gasteiger partial charge in [0.1, 0.15) is 0 Å². The molecule has 0 aliphatic heterocycles. The van der Waals surface area contributed by atoms with Crippen molar-refractivity contribution in [2.24, 2.45) is 0 Å². The van der Waals surface area contributed by atoms with Crippen LogP contribution in [0.1, 0.15) is 23.2 Å². The van der Waals surface area contributed by atoms with Crippen molar-refractivity contribution in [3.63, 3.8) is 0 Å². The number of hydrogen-bond acceptors (Lipinski definition) is 6. The minimum atomic E-state index is -3.44. The first-order valence-corrected chi connectivity index (χ1v) is 8.21. The highest BCUT2D eigenvalue weighted by Gasteiger charge is 2.16. The summed E-state index contributed by atoms with van der Waals surface area (Å²) in [5.74, 6) is -0.126. The average molecular weight is 330 g/mol. The normalized spacial score (nSPS) is 11.4. The molecule has 0 aliphatic rings. The van der Waals surface area contributed by atoms with Gasteiger partial charge in [-0.25, -0.2) is 8.42 Å². The molecule has 1 amide bonds. The number of aromatic nitrogens is 2. The van der Waals surface area contributed by atoms with Crippen molar-refractivity contribution in [2.75, 3.05) is 11.6 Å². The van der Waals surface area contributed by atoms with Crippen LogP contribution in [0.2, 0.25) is 5.02 Å². The van der Waals surface area contributed by atoms with E-state index < -0.39 is 15.7 Å². The summed E-state index contributed by atoms with van der Waals surface area (Å²) in [6, 6.07) is 3.87. The average Bonchev–Trinajstić information content (AvgIpc) is 2.84. The molecule has 0 aliphatic carbocycles. The lowest BCUT2D eigenvalue weighted by Gasteiger charge is -2.05. The van der Waals surface area contributed by atoms with Crippen molar-refractivity contribution in [3.8, 4) is 0 Å². The van der Waals surface area contributed by atoms with Gasteiger partial charge in [-0.15, -0.1) is 5.10 Å². The van der Waals surface area contributed by atoms with E-state index in [0.717, 1.165) is 6.26 Å². The van der Waals surface area contributed by atoms with Crippen LogP contribution in [0.15, 0.2) is 27.5 Å². The zero-order valence-corrected chi connectivity index (χ0v) is 12.8. The minimum absolute atomic E-state index is 0.0232. The van der Waals surface area contributed by atoms with Gasteiger partial charge in [0.25, 0.3) is 5.91 Å². The fourth-order valence-electron chi connectivity index (χ4n) is 1.56. The van der Waals surface area contributed by atoms with Crippen LogP contribution >= 0.6 is 11.6 Å². The van der Waals surface area contributed by atoms with E-state index in [1.807, 2.05) is 6.92 Å². The Morgan fingerprint density at radius 3 is 2.62 bits per heavy atom. The van der Waals surface area contributed by atoms with Gasteiger partial charge in [0.2, 0.25) is 5.89 Å². The molecule has 0 unspecified atom stereocenters. The van der Waals surface area contributed by atoms with Crippen molar-refractivity contribution in [1.82, 2.24) is 10.2 Å². The van der Waals surface area contributed by atoms with E-state index in [4.69, 9.17) is 16.0 Å². The van der Waals surface area contributed by atoms with Crippen LogP contribution in [0.25, 0.3) is 0 Å². The molecule has 0 radical (unpaired) electrons. The van der Waals surface area contributed by atoms with E-state index in [9.17, 15) is 13.2 Å². The quantitative estimate of drug-likeness (QED) is 0.919. The molecule has 2 aromatic rings. The Morgan fingerprint density at radius 2 is 2.10 bits per heavy atom. The smallest absolute Gasteiger partial charge is 0.322 e. The van der Waals surface area contributed by atoms with Gasteiger partial charge >= 0.3 is 6.01 Å². The van der Waals surface area contributed by atoms with E-state index >= 15 is 0 Å². The second-order valence-electron chi connectivity index (χ2n) is 4.23. The predicted molar refractivity (Wildman–Crippen MR) is 76.2 cm³/mol. The number of carbonyl (C=O) groups excluding carboxylic acids is 1. The third-order valence-corrected chi connectivity index (χ3v) is 4.16. The molecular formula is C12H12ClN3O4S. The summed E-state index contributed by atoms with van der Waals surface area (Å²) >= 11 is 5.88. The van der Waals surface area contributed by atoms with E-state index in [2.05, 4.69) is 15.5 Å². The number of sulfone groups is 1. The van der Waals surface area contributed by atoms with Crippen LogP contribution < -0.4 is 5.32 Å². The molecule has 1 aromatic heterocycles. The molecule has 2 rings (SSSR count). The van der Waals surface area contributed by atoms with E-state index in [1.54, 1.807) is 0 Å². The summed E-state index contributed by atoms with van der Waals surface area (Å²) in [6.45, 7) is 1.84. The van der Waals surface area contributed by atoms with Gasteiger partial charge in [0.05, 0.1) is 9.92 Å². The van der Waals surface area contributed by atoms with Crippen LogP contribution in [0.5, 0.6) is 0 Å². The Labute approximate surface area is 126 Å². The first-order chi connectivity index (χ1) is 9.81. The second-order valence-corrected chi connectivity index (χ2v) is 6.62. The van der Waals surface area contributed by atoms with Crippen LogP contribution in [-0.4, -0.2) is 30.8 Å². The maximum Gasteiger partial charge on any atom is 0.322 e. The Balaban J connectivity index is 2.22. The summed E-state index contributed by atoms with van der Waals surface area (Å²) < 4.78 is 28.0. The largest absolute Gasteiger partial charge is 0.408 e. The van der Waals surface area contributed by atoms with Crippen LogP contribution in [0.3, 0.4) is 0 Å².